The van der Waals surface area contributed by atoms with Gasteiger partial charge in [-0.25, -0.2) is 4.39 Å². The van der Waals surface area contributed by atoms with Gasteiger partial charge in [-0.2, -0.15) is 0 Å². The van der Waals surface area contributed by atoms with Gasteiger partial charge in [0.25, 0.3) is 0 Å². The van der Waals surface area contributed by atoms with E-state index in [2.05, 4.69) is 11.1 Å². The van der Waals surface area contributed by atoms with Crippen molar-refractivity contribution in [1.29, 1.82) is 0 Å². The maximum absolute atomic E-state index is 13.3. The van der Waals surface area contributed by atoms with Crippen LogP contribution in [0.3, 0.4) is 0 Å². The molecule has 0 saturated carbocycles. The van der Waals surface area contributed by atoms with Crippen molar-refractivity contribution in [1.82, 2.24) is 9.88 Å². The minimum atomic E-state index is -0.680. The Kier molecular flexibility index (Phi) is 2.86. The molecule has 0 radical (unpaired) electrons. The Morgan fingerprint density at radius 3 is 2.75 bits per heavy atom. The van der Waals surface area contributed by atoms with Gasteiger partial charge in [-0.15, -0.1) is 11.6 Å². The van der Waals surface area contributed by atoms with Crippen molar-refractivity contribution < 1.29 is 9.18 Å². The fraction of sp³-hybridized carbons (Fsp3) is 0.167. The van der Waals surface area contributed by atoms with Crippen LogP contribution in [0.5, 0.6) is 0 Å². The summed E-state index contributed by atoms with van der Waals surface area (Å²) in [5.41, 5.74) is 3.01. The number of amides is 1. The van der Waals surface area contributed by atoms with E-state index in [1.807, 2.05) is 18.2 Å². The third-order valence-electron chi connectivity index (χ3n) is 4.83. The van der Waals surface area contributed by atoms with E-state index in [-0.39, 0.29) is 11.7 Å². The minimum Gasteiger partial charge on any atom is -0.349 e. The summed E-state index contributed by atoms with van der Waals surface area (Å²) in [5, 5.41) is 1.49. The normalized spacial score (nSPS) is 25.3. The lowest BCUT2D eigenvalue weighted by molar-refractivity contribution is -0.149. The van der Waals surface area contributed by atoms with Crippen molar-refractivity contribution >= 4 is 40.2 Å². The number of aromatic amines is 1. The SMILES string of the molecule is O=C1[C@H](Cl)[C@@]2(c3ccc(F)cc3)Sc3[nH]c4ccccc4c3CN12. The second kappa shape index (κ2) is 4.77. The first-order valence-corrected chi connectivity index (χ1v) is 8.87. The number of fused-ring (bicyclic) bond motifs is 4. The van der Waals surface area contributed by atoms with Crippen molar-refractivity contribution in [2.75, 3.05) is 0 Å². The zero-order valence-electron chi connectivity index (χ0n) is 12.4. The molecule has 5 rings (SSSR count). The van der Waals surface area contributed by atoms with Crippen molar-refractivity contribution in [3.8, 4) is 0 Å². The Hall–Kier alpha value is -1.98. The summed E-state index contributed by atoms with van der Waals surface area (Å²) >= 11 is 8.00. The second-order valence-electron chi connectivity index (χ2n) is 6.07. The zero-order chi connectivity index (χ0) is 16.5. The summed E-state index contributed by atoms with van der Waals surface area (Å²) in [5.74, 6) is -0.380. The van der Waals surface area contributed by atoms with Crippen molar-refractivity contribution in [3.63, 3.8) is 0 Å². The number of thioether (sulfide) groups is 1. The third-order valence-corrected chi connectivity index (χ3v) is 7.02. The summed E-state index contributed by atoms with van der Waals surface area (Å²) in [6.45, 7) is 0.506. The number of aromatic nitrogens is 1. The third kappa shape index (κ3) is 1.66. The largest absolute Gasteiger partial charge is 0.349 e. The molecule has 2 atom stereocenters. The lowest BCUT2D eigenvalue weighted by atomic mass is 9.91. The van der Waals surface area contributed by atoms with E-state index >= 15 is 0 Å². The summed E-state index contributed by atoms with van der Waals surface area (Å²) in [6, 6.07) is 14.3. The number of nitrogens with zero attached hydrogens (tertiary/aromatic N) is 1. The van der Waals surface area contributed by atoms with Gasteiger partial charge in [-0.05, 0) is 23.8 Å². The lowest BCUT2D eigenvalue weighted by Gasteiger charge is -2.56. The van der Waals surface area contributed by atoms with E-state index in [1.54, 1.807) is 28.8 Å². The molecular weight excluding hydrogens is 347 g/mol. The standard InChI is InChI=1S/C18H12ClFN2OS/c19-15-17(23)22-9-13-12-3-1-2-4-14(12)21-16(13)24-18(15,22)10-5-7-11(20)8-6-10/h1-8,15,21H,9H2/t15-,18+/m0/s1. The molecule has 2 aliphatic rings. The van der Waals surface area contributed by atoms with Crippen LogP contribution in [0.2, 0.25) is 0 Å². The number of halogens is 2. The van der Waals surface area contributed by atoms with Crippen molar-refractivity contribution in [2.24, 2.45) is 0 Å². The molecule has 2 aliphatic heterocycles. The topological polar surface area (TPSA) is 36.1 Å². The van der Waals surface area contributed by atoms with E-state index in [9.17, 15) is 9.18 Å². The van der Waals surface area contributed by atoms with Crippen molar-refractivity contribution in [3.05, 3.63) is 65.5 Å². The molecule has 3 aromatic rings. The fourth-order valence-electron chi connectivity index (χ4n) is 3.62. The van der Waals surface area contributed by atoms with Crippen LogP contribution in [0.4, 0.5) is 4.39 Å². The van der Waals surface area contributed by atoms with Crippen LogP contribution in [0.25, 0.3) is 10.9 Å². The second-order valence-corrected chi connectivity index (χ2v) is 7.74. The molecule has 0 spiro atoms. The molecule has 3 heterocycles. The highest BCUT2D eigenvalue weighted by molar-refractivity contribution is 8.00. The number of H-pyrrole nitrogens is 1. The Morgan fingerprint density at radius 2 is 1.96 bits per heavy atom. The van der Waals surface area contributed by atoms with Gasteiger partial charge < -0.3 is 9.88 Å². The van der Waals surface area contributed by atoms with E-state index in [0.717, 1.165) is 27.1 Å². The predicted molar refractivity (Wildman–Crippen MR) is 92.4 cm³/mol. The van der Waals surface area contributed by atoms with Gasteiger partial charge in [-0.1, -0.05) is 42.1 Å². The van der Waals surface area contributed by atoms with Crippen LogP contribution in [-0.4, -0.2) is 21.2 Å². The number of carbonyl (C=O) groups excluding carboxylic acids is 1. The summed E-state index contributed by atoms with van der Waals surface area (Å²) in [4.78, 5) is 17.0. The Morgan fingerprint density at radius 1 is 1.21 bits per heavy atom. The first-order valence-electron chi connectivity index (χ1n) is 7.61. The van der Waals surface area contributed by atoms with E-state index < -0.39 is 10.2 Å². The number of alkyl halides is 1. The molecule has 24 heavy (non-hydrogen) atoms. The van der Waals surface area contributed by atoms with Gasteiger partial charge >= 0.3 is 0 Å². The van der Waals surface area contributed by atoms with Gasteiger partial charge in [0, 0.05) is 16.5 Å². The molecule has 1 saturated heterocycles. The molecule has 1 fully saturated rings. The molecule has 120 valence electrons. The summed E-state index contributed by atoms with van der Waals surface area (Å²) < 4.78 is 13.3. The highest BCUT2D eigenvalue weighted by Crippen LogP contribution is 2.60. The average Bonchev–Trinajstić information content (AvgIpc) is 2.97. The van der Waals surface area contributed by atoms with Gasteiger partial charge in [0.1, 0.15) is 16.1 Å². The van der Waals surface area contributed by atoms with Gasteiger partial charge in [0.2, 0.25) is 5.91 Å². The molecule has 0 unspecified atom stereocenters. The fourth-order valence-corrected chi connectivity index (χ4v) is 5.61. The van der Waals surface area contributed by atoms with Gasteiger partial charge in [0.05, 0.1) is 11.6 Å². The number of nitrogens with one attached hydrogen (secondary N) is 1. The number of hydrogen-bond donors (Lipinski definition) is 1. The highest BCUT2D eigenvalue weighted by Gasteiger charge is 2.63. The monoisotopic (exact) mass is 358 g/mol. The zero-order valence-corrected chi connectivity index (χ0v) is 14.0. The van der Waals surface area contributed by atoms with Crippen LogP contribution in [0, 0.1) is 5.82 Å². The molecule has 2 aromatic carbocycles. The van der Waals surface area contributed by atoms with E-state index in [1.165, 1.54) is 12.1 Å². The molecule has 0 aliphatic carbocycles. The maximum Gasteiger partial charge on any atom is 0.246 e. The molecule has 6 heteroatoms. The maximum atomic E-state index is 13.3. The molecule has 1 aromatic heterocycles. The van der Waals surface area contributed by atoms with E-state index in [4.69, 9.17) is 11.6 Å². The molecular formula is C18H12ClFN2OS. The lowest BCUT2D eigenvalue weighted by Crippen LogP contribution is -2.68. The Balaban J connectivity index is 1.70. The number of β-lactam (4-membered cyclic amide) rings is 1. The number of para-hydroxylation sites is 1. The average molecular weight is 359 g/mol. The van der Waals surface area contributed by atoms with Crippen LogP contribution in [0.1, 0.15) is 11.1 Å². The van der Waals surface area contributed by atoms with Crippen molar-refractivity contribution in [2.45, 2.75) is 21.8 Å². The first-order chi connectivity index (χ1) is 11.6. The number of rotatable bonds is 1. The van der Waals surface area contributed by atoms with Crippen LogP contribution in [0.15, 0.2) is 53.6 Å². The summed E-state index contributed by atoms with van der Waals surface area (Å²) in [7, 11) is 0. The smallest absolute Gasteiger partial charge is 0.246 e. The molecule has 1 N–H and O–H groups in total. The van der Waals surface area contributed by atoms with Gasteiger partial charge in [-0.3, -0.25) is 4.79 Å². The Labute approximate surface area is 146 Å². The molecule has 0 bridgehead atoms. The summed E-state index contributed by atoms with van der Waals surface area (Å²) in [6.07, 6.45) is 0. The highest BCUT2D eigenvalue weighted by atomic mass is 35.5. The molecule has 3 nitrogen and oxygen atoms in total. The number of hydrogen-bond acceptors (Lipinski definition) is 2. The van der Waals surface area contributed by atoms with Crippen LogP contribution >= 0.6 is 23.4 Å². The van der Waals surface area contributed by atoms with Gasteiger partial charge in [0.15, 0.2) is 0 Å². The molecule has 1 amide bonds. The van der Waals surface area contributed by atoms with Crippen LogP contribution < -0.4 is 0 Å². The van der Waals surface area contributed by atoms with Crippen LogP contribution in [-0.2, 0) is 16.2 Å². The van der Waals surface area contributed by atoms with E-state index in [0.29, 0.717) is 6.54 Å². The first kappa shape index (κ1) is 14.4. The quantitative estimate of drug-likeness (QED) is 0.522. The Bertz CT molecular complexity index is 986. The number of carbonyl (C=O) groups is 1. The minimum absolute atomic E-state index is 0.0792. The number of benzene rings is 2. The predicted octanol–water partition coefficient (Wildman–Crippen LogP) is 4.22.